The largest absolute Gasteiger partial charge is 0.542 e. The number of nitrogens with one attached hydrogen (secondary N) is 2. The van der Waals surface area contributed by atoms with Crippen molar-refractivity contribution in [1.82, 2.24) is 10.6 Å². The van der Waals surface area contributed by atoms with Crippen LogP contribution >= 0.6 is 0 Å². The molecule has 0 fully saturated rings. The second-order valence-electron chi connectivity index (χ2n) is 5.05. The van der Waals surface area contributed by atoms with Crippen molar-refractivity contribution in [1.29, 1.82) is 0 Å². The summed E-state index contributed by atoms with van der Waals surface area (Å²) in [6, 6.07) is 8.63. The van der Waals surface area contributed by atoms with E-state index >= 15 is 0 Å². The fraction of sp³-hybridized carbons (Fsp3) is 0.400. The summed E-state index contributed by atoms with van der Waals surface area (Å²) in [5, 5.41) is 14.0. The van der Waals surface area contributed by atoms with Gasteiger partial charge in [0.05, 0.1) is 0 Å². The lowest BCUT2D eigenvalue weighted by Gasteiger charge is -2.17. The van der Waals surface area contributed by atoms with E-state index in [4.69, 9.17) is 9.90 Å². The fourth-order valence-electron chi connectivity index (χ4n) is 1.55. The standard InChI is InChI=1S/C13H19N3O2.C2HF3O2/c1-9(14)12(17)16-11(13(18)15-2)8-10-6-4-3-5-7-10;3-2(4,5)1(6)7/h3-7,9,11H,8,14H2,1-2H3,(H,15,18)(H,16,17);(H,6,7)/t9-,11-;/m0./s1. The highest BCUT2D eigenvalue weighted by atomic mass is 19.4. The molecule has 0 bridgehead atoms. The molecule has 1 aromatic carbocycles. The number of carboxylic acid groups (broad SMARTS) is 1. The number of alkyl halides is 3. The fourth-order valence-corrected chi connectivity index (χ4v) is 1.55. The molecule has 0 aliphatic carbocycles. The number of carbonyl (C=O) groups excluding carboxylic acids is 3. The smallest absolute Gasteiger partial charge is 0.430 e. The van der Waals surface area contributed by atoms with E-state index in [1.807, 2.05) is 30.3 Å². The molecule has 0 heterocycles. The predicted octanol–water partition coefficient (Wildman–Crippen LogP) is -1.61. The minimum atomic E-state index is -5.19. The topological polar surface area (TPSA) is 126 Å². The molecule has 10 heteroatoms. The maximum atomic E-state index is 11.7. The Balaban J connectivity index is 0.000000697. The van der Waals surface area contributed by atoms with Crippen molar-refractivity contribution in [2.75, 3.05) is 7.05 Å². The molecular formula is C15H20F3N3O4. The third-order valence-electron chi connectivity index (χ3n) is 2.84. The van der Waals surface area contributed by atoms with Crippen LogP contribution in [0.4, 0.5) is 13.2 Å². The molecule has 0 aromatic heterocycles. The van der Waals surface area contributed by atoms with Crippen LogP contribution in [0.5, 0.6) is 0 Å². The Hall–Kier alpha value is -2.62. The molecule has 0 radical (unpaired) electrons. The Labute approximate surface area is 142 Å². The van der Waals surface area contributed by atoms with Gasteiger partial charge in [-0.15, -0.1) is 0 Å². The van der Waals surface area contributed by atoms with Gasteiger partial charge in [0, 0.05) is 13.5 Å². The van der Waals surface area contributed by atoms with Crippen molar-refractivity contribution in [3.8, 4) is 0 Å². The number of likely N-dealkylation sites (N-methyl/N-ethyl adjacent to an activating group) is 1. The maximum Gasteiger partial charge on any atom is 0.430 e. The average molecular weight is 363 g/mol. The highest BCUT2D eigenvalue weighted by molar-refractivity contribution is 5.89. The zero-order chi connectivity index (χ0) is 19.6. The summed E-state index contributed by atoms with van der Waals surface area (Å²) in [5.74, 6) is -3.43. The first kappa shape index (κ1) is 22.4. The molecule has 5 N–H and O–H groups in total. The number of carboxylic acids is 1. The molecule has 25 heavy (non-hydrogen) atoms. The third-order valence-corrected chi connectivity index (χ3v) is 2.84. The molecule has 1 aromatic rings. The van der Waals surface area contributed by atoms with Gasteiger partial charge in [0.1, 0.15) is 12.0 Å². The minimum absolute atomic E-state index is 0.201. The van der Waals surface area contributed by atoms with Gasteiger partial charge in [0.2, 0.25) is 5.91 Å². The second kappa shape index (κ2) is 10.3. The Morgan fingerprint density at radius 2 is 1.64 bits per heavy atom. The third kappa shape index (κ3) is 9.30. The molecule has 7 nitrogen and oxygen atoms in total. The average Bonchev–Trinajstić information content (AvgIpc) is 2.53. The summed E-state index contributed by atoms with van der Waals surface area (Å²) < 4.78 is 31.5. The van der Waals surface area contributed by atoms with E-state index in [-0.39, 0.29) is 17.9 Å². The maximum absolute atomic E-state index is 11.7. The number of halogens is 3. The lowest BCUT2D eigenvalue weighted by Crippen LogP contribution is -2.67. The summed E-state index contributed by atoms with van der Waals surface area (Å²) in [6.45, 7) is 1.69. The zero-order valence-corrected chi connectivity index (χ0v) is 13.7. The summed E-state index contributed by atoms with van der Waals surface area (Å²) >= 11 is 0. The lowest BCUT2D eigenvalue weighted by atomic mass is 10.0. The quantitative estimate of drug-likeness (QED) is 0.582. The van der Waals surface area contributed by atoms with Crippen LogP contribution in [0, 0.1) is 0 Å². The number of carbonyl (C=O) groups is 3. The van der Waals surface area contributed by atoms with Crippen LogP contribution in [0.1, 0.15) is 12.5 Å². The monoisotopic (exact) mass is 363 g/mol. The molecule has 0 saturated carbocycles. The highest BCUT2D eigenvalue weighted by Gasteiger charge is 2.28. The second-order valence-corrected chi connectivity index (χ2v) is 5.05. The van der Waals surface area contributed by atoms with E-state index in [2.05, 4.69) is 16.4 Å². The van der Waals surface area contributed by atoms with Crippen molar-refractivity contribution >= 4 is 17.8 Å². The first-order valence-electron chi connectivity index (χ1n) is 7.16. The normalized spacial score (nSPS) is 12.9. The molecule has 0 saturated heterocycles. The van der Waals surface area contributed by atoms with E-state index in [0.717, 1.165) is 5.56 Å². The number of quaternary nitrogens is 1. The molecule has 140 valence electrons. The van der Waals surface area contributed by atoms with Gasteiger partial charge in [0.15, 0.2) is 6.04 Å². The Morgan fingerprint density at radius 3 is 2.00 bits per heavy atom. The Kier molecular flexibility index (Phi) is 9.21. The van der Waals surface area contributed by atoms with Gasteiger partial charge in [-0.2, -0.15) is 13.2 Å². The van der Waals surface area contributed by atoms with Crippen LogP contribution in [0.15, 0.2) is 30.3 Å². The molecule has 0 aliphatic rings. The van der Waals surface area contributed by atoms with E-state index in [1.54, 1.807) is 14.0 Å². The van der Waals surface area contributed by atoms with Crippen molar-refractivity contribution in [3.63, 3.8) is 0 Å². The highest BCUT2D eigenvalue weighted by Crippen LogP contribution is 2.11. The molecule has 0 aliphatic heterocycles. The van der Waals surface area contributed by atoms with Gasteiger partial charge in [-0.1, -0.05) is 30.3 Å². The number of hydrogen-bond acceptors (Lipinski definition) is 4. The van der Waals surface area contributed by atoms with Gasteiger partial charge >= 0.3 is 6.18 Å². The van der Waals surface area contributed by atoms with Crippen LogP contribution in [0.25, 0.3) is 0 Å². The molecular weight excluding hydrogens is 343 g/mol. The summed E-state index contributed by atoms with van der Waals surface area (Å²) in [7, 11) is 1.56. The van der Waals surface area contributed by atoms with E-state index in [0.29, 0.717) is 6.42 Å². The van der Waals surface area contributed by atoms with Gasteiger partial charge in [-0.25, -0.2) is 0 Å². The van der Waals surface area contributed by atoms with Crippen LogP contribution < -0.4 is 21.5 Å². The van der Waals surface area contributed by atoms with E-state index < -0.39 is 18.2 Å². The number of rotatable bonds is 5. The molecule has 0 spiro atoms. The van der Waals surface area contributed by atoms with Crippen molar-refractivity contribution in [2.24, 2.45) is 0 Å². The van der Waals surface area contributed by atoms with Crippen molar-refractivity contribution in [2.45, 2.75) is 31.6 Å². The first-order chi connectivity index (χ1) is 11.5. The predicted molar refractivity (Wildman–Crippen MR) is 79.6 cm³/mol. The van der Waals surface area contributed by atoms with Crippen molar-refractivity contribution < 1.29 is 38.4 Å². The Morgan fingerprint density at radius 1 is 1.16 bits per heavy atom. The van der Waals surface area contributed by atoms with Gasteiger partial charge < -0.3 is 26.3 Å². The van der Waals surface area contributed by atoms with Crippen molar-refractivity contribution in [3.05, 3.63) is 35.9 Å². The SMILES string of the molecule is CNC(=O)[C@H](Cc1ccccc1)NC(=O)[C@H](C)[NH3+].O=C([O-])C(F)(F)F. The summed E-state index contributed by atoms with van der Waals surface area (Å²) in [5.41, 5.74) is 4.64. The summed E-state index contributed by atoms with van der Waals surface area (Å²) in [6.07, 6.45) is -4.72. The van der Waals surface area contributed by atoms with E-state index in [9.17, 15) is 22.8 Å². The zero-order valence-electron chi connectivity index (χ0n) is 13.7. The Bertz CT molecular complexity index is 577. The number of hydrogen-bond donors (Lipinski definition) is 3. The van der Waals surface area contributed by atoms with Crippen LogP contribution in [0.2, 0.25) is 0 Å². The van der Waals surface area contributed by atoms with Gasteiger partial charge in [-0.3, -0.25) is 9.59 Å². The van der Waals surface area contributed by atoms with Crippen LogP contribution in [-0.4, -0.2) is 43.1 Å². The van der Waals surface area contributed by atoms with Crippen LogP contribution in [0.3, 0.4) is 0 Å². The molecule has 1 rings (SSSR count). The number of benzene rings is 1. The minimum Gasteiger partial charge on any atom is -0.542 e. The van der Waals surface area contributed by atoms with Crippen LogP contribution in [-0.2, 0) is 20.8 Å². The first-order valence-corrected chi connectivity index (χ1v) is 7.16. The molecule has 2 atom stereocenters. The number of aliphatic carboxylic acids is 1. The molecule has 0 unspecified atom stereocenters. The van der Waals surface area contributed by atoms with Gasteiger partial charge in [-0.05, 0) is 12.5 Å². The lowest BCUT2D eigenvalue weighted by molar-refractivity contribution is -0.398. The van der Waals surface area contributed by atoms with Gasteiger partial charge in [0.25, 0.3) is 5.91 Å². The molecule has 2 amide bonds. The summed E-state index contributed by atoms with van der Waals surface area (Å²) in [4.78, 5) is 32.1. The number of amides is 2. The van der Waals surface area contributed by atoms with E-state index in [1.165, 1.54) is 0 Å².